The van der Waals surface area contributed by atoms with Crippen LogP contribution in [0, 0.1) is 23.9 Å². The number of para-hydroxylation sites is 4. The molecule has 6 heteroatoms. The van der Waals surface area contributed by atoms with E-state index in [2.05, 4.69) is 39.2 Å². The number of fused-ring (bicyclic) bond motifs is 4. The van der Waals surface area contributed by atoms with Gasteiger partial charge in [-0.05, 0) is 74.3 Å². The number of imidazole rings is 1. The Hall–Kier alpha value is -6.55. The summed E-state index contributed by atoms with van der Waals surface area (Å²) in [6.07, 6.45) is 3.29. The fourth-order valence-electron chi connectivity index (χ4n) is 7.90. The molecule has 3 heterocycles. The molecule has 314 valence electrons. The maximum Gasteiger partial charge on any atom is 0.268 e. The number of rotatable bonds is 8. The van der Waals surface area contributed by atoms with Crippen LogP contribution in [-0.4, -0.2) is 14.1 Å². The van der Waals surface area contributed by atoms with Gasteiger partial charge in [-0.2, -0.15) is 12.1 Å². The minimum Gasteiger partial charge on any atom is -0.510 e. The largest absolute Gasteiger partial charge is 0.510 e. The predicted octanol–water partition coefficient (Wildman–Crippen LogP) is 13.8. The van der Waals surface area contributed by atoms with Crippen molar-refractivity contribution in [1.29, 1.82) is 0 Å². The van der Waals surface area contributed by atoms with Crippen LogP contribution in [-0.2, 0) is 32.9 Å². The molecule has 63 heavy (non-hydrogen) atoms. The molecule has 0 saturated carbocycles. The number of hydrogen-bond acceptors (Lipinski definition) is 2. The van der Waals surface area contributed by atoms with Crippen molar-refractivity contribution in [3.63, 3.8) is 0 Å². The Bertz CT molecular complexity index is 3820. The van der Waals surface area contributed by atoms with E-state index in [9.17, 15) is 2.74 Å². The average molecular weight is 1010 g/mol. The van der Waals surface area contributed by atoms with Crippen LogP contribution in [0.25, 0.3) is 72.3 Å². The maximum atomic E-state index is 9.69. The molecule has 10 rings (SSSR count). The second-order valence-electron chi connectivity index (χ2n) is 17.1. The third-order valence-corrected chi connectivity index (χ3v) is 10.6. The zero-order valence-electron chi connectivity index (χ0n) is 47.4. The zero-order chi connectivity index (χ0) is 53.1. The van der Waals surface area contributed by atoms with Gasteiger partial charge in [-0.15, -0.1) is 29.8 Å². The smallest absolute Gasteiger partial charge is 0.268 e. The molecule has 0 aliphatic heterocycles. The van der Waals surface area contributed by atoms with Crippen LogP contribution in [0.4, 0.5) is 0 Å². The second kappa shape index (κ2) is 16.6. The Morgan fingerprint density at radius 3 is 2.03 bits per heavy atom. The molecule has 10 aromatic rings. The van der Waals surface area contributed by atoms with Crippen LogP contribution in [0.3, 0.4) is 0 Å². The number of nitrogens with zero attached hydrogens (tertiary/aromatic N) is 4. The van der Waals surface area contributed by atoms with Crippen molar-refractivity contribution in [3.05, 3.63) is 199 Å². The number of pyridine rings is 1. The maximum absolute atomic E-state index is 9.69. The Morgan fingerprint density at radius 1 is 0.698 bits per heavy atom. The summed E-state index contributed by atoms with van der Waals surface area (Å²) in [5.41, 5.74) is 3.32. The van der Waals surface area contributed by atoms with Crippen LogP contribution >= 0.6 is 0 Å². The summed E-state index contributed by atoms with van der Waals surface area (Å²) < 4.78 is 119. The van der Waals surface area contributed by atoms with Crippen molar-refractivity contribution in [3.8, 4) is 50.9 Å². The third-order valence-electron chi connectivity index (χ3n) is 10.6. The Labute approximate surface area is 401 Å². The third kappa shape index (κ3) is 8.03. The van der Waals surface area contributed by atoms with Gasteiger partial charge in [0, 0.05) is 47.0 Å². The van der Waals surface area contributed by atoms with Crippen molar-refractivity contribution >= 4 is 32.8 Å². The van der Waals surface area contributed by atoms with Gasteiger partial charge in [0.15, 0.2) is 0 Å². The van der Waals surface area contributed by atoms with E-state index in [0.29, 0.717) is 39.0 Å². The van der Waals surface area contributed by atoms with Gasteiger partial charge in [0.1, 0.15) is 5.82 Å². The van der Waals surface area contributed by atoms with E-state index >= 15 is 0 Å². The molecule has 0 amide bonds. The molecule has 5 nitrogen and oxygen atoms in total. The summed E-state index contributed by atoms with van der Waals surface area (Å²) in [5, 5.41) is 1.51. The summed E-state index contributed by atoms with van der Waals surface area (Å²) in [6.45, 7) is 12.0. The van der Waals surface area contributed by atoms with Gasteiger partial charge in [-0.3, -0.25) is 4.57 Å². The van der Waals surface area contributed by atoms with E-state index in [4.69, 9.17) is 23.4 Å². The van der Waals surface area contributed by atoms with Gasteiger partial charge in [0.2, 0.25) is 0 Å². The van der Waals surface area contributed by atoms with Gasteiger partial charge in [0.25, 0.3) is 6.33 Å². The van der Waals surface area contributed by atoms with E-state index in [0.717, 1.165) is 16.5 Å². The standard InChI is InChI=1S/C57H48N4O.Pt/c1-56(2,3)37-41-33-45(36-52-54(41)48-25-13-14-28-49(48)61(52)53-34-42(31-32-58-53)57(4,5)6)62-44-24-17-23-43(35-44)59-38-60(51-30-16-15-29-50(51)59)55-46(39-19-9-7-10-20-39)26-18-27-47(55)40-21-11-8-12-22-40;/h7-34H,37H2,1-6H3;/q-2;/i7D,8D,9D,10D,11D,12D,19D,20D,21D,22D,37D2;. The van der Waals surface area contributed by atoms with E-state index in [1.165, 1.54) is 0 Å². The van der Waals surface area contributed by atoms with Gasteiger partial charge in [-0.1, -0.05) is 174 Å². The molecule has 0 spiro atoms. The molecule has 0 fully saturated rings. The van der Waals surface area contributed by atoms with E-state index in [1.54, 1.807) is 69.9 Å². The molecular formula is C57H48N4OPt-2. The van der Waals surface area contributed by atoms with Gasteiger partial charge in [-0.25, -0.2) is 4.98 Å². The Morgan fingerprint density at radius 2 is 1.35 bits per heavy atom. The van der Waals surface area contributed by atoms with Gasteiger partial charge >= 0.3 is 0 Å². The molecule has 3 aromatic heterocycles. The molecule has 0 N–H and O–H groups in total. The summed E-state index contributed by atoms with van der Waals surface area (Å²) in [6, 6.07) is 32.1. The summed E-state index contributed by atoms with van der Waals surface area (Å²) in [5.74, 6) is 1.10. The Kier molecular flexibility index (Phi) is 7.83. The number of aromatic nitrogens is 4. The minimum absolute atomic E-state index is 0. The van der Waals surface area contributed by atoms with Crippen molar-refractivity contribution in [1.82, 2.24) is 14.1 Å². The zero-order valence-corrected chi connectivity index (χ0v) is 37.7. The van der Waals surface area contributed by atoms with Crippen molar-refractivity contribution in [2.24, 2.45) is 5.41 Å². The molecule has 0 radical (unpaired) electrons. The topological polar surface area (TPSA) is 35.9 Å². The molecular weight excluding hydrogens is 952 g/mol. The summed E-state index contributed by atoms with van der Waals surface area (Å²) in [4.78, 5) is 4.84. The molecule has 0 atom stereocenters. The average Bonchev–Trinajstić information content (AvgIpc) is 3.96. The van der Waals surface area contributed by atoms with E-state index in [1.807, 2.05) is 73.9 Å². The molecule has 0 aliphatic rings. The molecule has 0 unspecified atom stereocenters. The normalized spacial score (nSPS) is 14.8. The summed E-state index contributed by atoms with van der Waals surface area (Å²) >= 11 is 0. The quantitative estimate of drug-likeness (QED) is 0.112. The molecule has 0 saturated heterocycles. The van der Waals surface area contributed by atoms with Crippen LogP contribution < -0.4 is 9.30 Å². The molecule has 7 aromatic carbocycles. The summed E-state index contributed by atoms with van der Waals surface area (Å²) in [7, 11) is 0. The van der Waals surface area contributed by atoms with Crippen molar-refractivity contribution < 1.29 is 46.8 Å². The first kappa shape index (κ1) is 29.7. The van der Waals surface area contributed by atoms with Crippen molar-refractivity contribution in [2.45, 2.75) is 53.3 Å². The molecule has 0 aliphatic carbocycles. The fourth-order valence-corrected chi connectivity index (χ4v) is 7.90. The molecule has 0 bridgehead atoms. The van der Waals surface area contributed by atoms with Crippen LogP contribution in [0.2, 0.25) is 0 Å². The monoisotopic (exact) mass is 1010 g/mol. The van der Waals surface area contributed by atoms with Crippen LogP contribution in [0.15, 0.2) is 170 Å². The second-order valence-corrected chi connectivity index (χ2v) is 17.1. The first-order chi connectivity index (χ1) is 34.9. The predicted molar refractivity (Wildman–Crippen MR) is 253 cm³/mol. The van der Waals surface area contributed by atoms with Gasteiger partial charge < -0.3 is 13.9 Å². The number of ether oxygens (including phenoxy) is 1. The van der Waals surface area contributed by atoms with E-state index < -0.39 is 72.2 Å². The minimum atomic E-state index is -1.88. The van der Waals surface area contributed by atoms with E-state index in [-0.39, 0.29) is 65.9 Å². The first-order valence-corrected chi connectivity index (χ1v) is 20.3. The van der Waals surface area contributed by atoms with Crippen LogP contribution in [0.1, 0.15) is 69.1 Å². The number of benzene rings is 7. The van der Waals surface area contributed by atoms with Gasteiger partial charge in [0.05, 0.1) is 30.4 Å². The fraction of sp³-hybridized carbons (Fsp3) is 0.158. The Balaban J connectivity index is 0.00000689. The van der Waals surface area contributed by atoms with Crippen molar-refractivity contribution in [2.75, 3.05) is 0 Å². The SMILES string of the molecule is [2H]c1c([2H])c([2H])c(-c2cccc(-c3c([2H])c([2H])c([2H])c([2H])c3[2H])c2-[n+]2[c-]n(-c3[c-]c(Oc4[c-]c5c(c(C([2H])([2H])C(C)(C)C)c4)c4ccccc4n5-c4cc(C(C)(C)C)ccn4)ccc3)c3ccccc32)c([2H])c1[2H].[Pt]. The first-order valence-electron chi connectivity index (χ1n) is 26.3. The van der Waals surface area contributed by atoms with Crippen LogP contribution in [0.5, 0.6) is 11.5 Å². The number of hydrogen-bond donors (Lipinski definition) is 0.